The minimum atomic E-state index is -0.139. The van der Waals surface area contributed by atoms with E-state index in [9.17, 15) is 9.59 Å². The Labute approximate surface area is 152 Å². The molecular formula is C19H23N3O2S. The van der Waals surface area contributed by atoms with Crippen molar-refractivity contribution >= 4 is 34.5 Å². The van der Waals surface area contributed by atoms with Crippen LogP contribution in [0.1, 0.15) is 35.2 Å². The predicted octanol–water partition coefficient (Wildman–Crippen LogP) is 3.42. The second-order valence-electron chi connectivity index (χ2n) is 6.26. The molecule has 25 heavy (non-hydrogen) atoms. The predicted molar refractivity (Wildman–Crippen MR) is 103 cm³/mol. The fourth-order valence-corrected chi connectivity index (χ4v) is 3.69. The van der Waals surface area contributed by atoms with Gasteiger partial charge in [-0.15, -0.1) is 0 Å². The van der Waals surface area contributed by atoms with E-state index in [0.717, 1.165) is 18.8 Å². The number of nitrogens with one attached hydrogen (secondary N) is 2. The van der Waals surface area contributed by atoms with Crippen LogP contribution in [0, 0.1) is 6.92 Å². The first kappa shape index (κ1) is 17.5. The molecule has 0 unspecified atom stereocenters. The van der Waals surface area contributed by atoms with Gasteiger partial charge in [0.25, 0.3) is 5.91 Å². The molecule has 3 rings (SSSR count). The maximum absolute atomic E-state index is 12.1. The van der Waals surface area contributed by atoms with Crippen molar-refractivity contribution in [3.63, 3.8) is 0 Å². The number of amides is 2. The number of anilines is 2. The number of carbonyl (C=O) groups is 2. The molecule has 2 heterocycles. The molecule has 6 heteroatoms. The SMILES string of the molecule is Cc1cc(NC(=O)CCNC(=O)c2ccsc2)ccc1N1CCCC1. The van der Waals surface area contributed by atoms with Crippen molar-refractivity contribution in [2.24, 2.45) is 0 Å². The molecule has 2 aromatic rings. The second-order valence-corrected chi connectivity index (χ2v) is 7.04. The lowest BCUT2D eigenvalue weighted by Crippen LogP contribution is -2.27. The molecule has 0 aliphatic carbocycles. The van der Waals surface area contributed by atoms with E-state index < -0.39 is 0 Å². The molecule has 1 aliphatic rings. The van der Waals surface area contributed by atoms with Crippen LogP contribution >= 0.6 is 11.3 Å². The lowest BCUT2D eigenvalue weighted by Gasteiger charge is -2.20. The van der Waals surface area contributed by atoms with Crippen LogP contribution in [0.4, 0.5) is 11.4 Å². The molecule has 1 saturated heterocycles. The summed E-state index contributed by atoms with van der Waals surface area (Å²) in [6.45, 7) is 4.61. The first-order chi connectivity index (χ1) is 12.1. The number of rotatable bonds is 6. The molecular weight excluding hydrogens is 334 g/mol. The Hall–Kier alpha value is -2.34. The van der Waals surface area contributed by atoms with Crippen LogP contribution in [0.25, 0.3) is 0 Å². The molecule has 1 aromatic heterocycles. The van der Waals surface area contributed by atoms with Crippen LogP contribution in [0.15, 0.2) is 35.0 Å². The summed E-state index contributed by atoms with van der Waals surface area (Å²) in [4.78, 5) is 26.3. The smallest absolute Gasteiger partial charge is 0.252 e. The van der Waals surface area contributed by atoms with Gasteiger partial charge in [-0.2, -0.15) is 11.3 Å². The third kappa shape index (κ3) is 4.60. The summed E-state index contributed by atoms with van der Waals surface area (Å²) in [6.07, 6.45) is 2.74. The number of hydrogen-bond acceptors (Lipinski definition) is 4. The Morgan fingerprint density at radius 1 is 1.20 bits per heavy atom. The van der Waals surface area contributed by atoms with Crippen molar-refractivity contribution in [1.82, 2.24) is 5.32 Å². The average Bonchev–Trinajstić information content (AvgIpc) is 3.29. The van der Waals surface area contributed by atoms with Gasteiger partial charge in [0.15, 0.2) is 0 Å². The minimum Gasteiger partial charge on any atom is -0.371 e. The topological polar surface area (TPSA) is 61.4 Å². The molecule has 132 valence electrons. The lowest BCUT2D eigenvalue weighted by atomic mass is 10.1. The highest BCUT2D eigenvalue weighted by Gasteiger charge is 2.14. The van der Waals surface area contributed by atoms with E-state index >= 15 is 0 Å². The zero-order valence-electron chi connectivity index (χ0n) is 14.4. The van der Waals surface area contributed by atoms with E-state index in [-0.39, 0.29) is 18.2 Å². The Morgan fingerprint density at radius 2 is 2.00 bits per heavy atom. The van der Waals surface area contributed by atoms with Gasteiger partial charge in [-0.1, -0.05) is 0 Å². The molecule has 0 atom stereocenters. The van der Waals surface area contributed by atoms with Crippen LogP contribution in [0.3, 0.4) is 0 Å². The second kappa shape index (κ2) is 8.16. The lowest BCUT2D eigenvalue weighted by molar-refractivity contribution is -0.116. The highest BCUT2D eigenvalue weighted by molar-refractivity contribution is 7.08. The summed E-state index contributed by atoms with van der Waals surface area (Å²) < 4.78 is 0. The van der Waals surface area contributed by atoms with E-state index in [2.05, 4.69) is 28.5 Å². The van der Waals surface area contributed by atoms with Gasteiger partial charge in [0.05, 0.1) is 0 Å². The van der Waals surface area contributed by atoms with Gasteiger partial charge in [-0.05, 0) is 55.0 Å². The Morgan fingerprint density at radius 3 is 2.68 bits per heavy atom. The van der Waals surface area contributed by atoms with Crippen LogP contribution in [-0.2, 0) is 4.79 Å². The summed E-state index contributed by atoms with van der Waals surface area (Å²) >= 11 is 1.48. The number of nitrogens with zero attached hydrogens (tertiary/aromatic N) is 1. The maximum Gasteiger partial charge on any atom is 0.252 e. The molecule has 0 spiro atoms. The van der Waals surface area contributed by atoms with Crippen LogP contribution < -0.4 is 15.5 Å². The van der Waals surface area contributed by atoms with Gasteiger partial charge in [0.1, 0.15) is 0 Å². The van der Waals surface area contributed by atoms with Crippen LogP contribution in [-0.4, -0.2) is 31.4 Å². The quantitative estimate of drug-likeness (QED) is 0.833. The number of carbonyl (C=O) groups excluding carboxylic acids is 2. The van der Waals surface area contributed by atoms with Gasteiger partial charge >= 0.3 is 0 Å². The van der Waals surface area contributed by atoms with Crippen LogP contribution in [0.2, 0.25) is 0 Å². The summed E-state index contributed by atoms with van der Waals surface area (Å²) in [7, 11) is 0. The minimum absolute atomic E-state index is 0.0982. The molecule has 2 amide bonds. The Balaban J connectivity index is 1.47. The fourth-order valence-electron chi connectivity index (χ4n) is 3.05. The normalized spacial score (nSPS) is 13.7. The fraction of sp³-hybridized carbons (Fsp3) is 0.368. The van der Waals surface area contributed by atoms with E-state index in [1.165, 1.54) is 35.4 Å². The number of hydrogen-bond donors (Lipinski definition) is 2. The van der Waals surface area contributed by atoms with Crippen molar-refractivity contribution in [1.29, 1.82) is 0 Å². The third-order valence-electron chi connectivity index (χ3n) is 4.35. The van der Waals surface area contributed by atoms with Crippen LogP contribution in [0.5, 0.6) is 0 Å². The Kier molecular flexibility index (Phi) is 5.71. The highest BCUT2D eigenvalue weighted by Crippen LogP contribution is 2.26. The van der Waals surface area contributed by atoms with E-state index in [4.69, 9.17) is 0 Å². The molecule has 5 nitrogen and oxygen atoms in total. The number of thiophene rings is 1. The molecule has 0 saturated carbocycles. The van der Waals surface area contributed by atoms with Crippen molar-refractivity contribution in [3.05, 3.63) is 46.2 Å². The van der Waals surface area contributed by atoms with Crippen molar-refractivity contribution in [3.8, 4) is 0 Å². The molecule has 2 N–H and O–H groups in total. The molecule has 0 radical (unpaired) electrons. The van der Waals surface area contributed by atoms with Gasteiger partial charge < -0.3 is 15.5 Å². The van der Waals surface area contributed by atoms with E-state index in [1.54, 1.807) is 11.4 Å². The zero-order chi connectivity index (χ0) is 17.6. The summed E-state index contributed by atoms with van der Waals surface area (Å²) in [5.41, 5.74) is 3.86. The first-order valence-electron chi connectivity index (χ1n) is 8.59. The van der Waals surface area contributed by atoms with Crippen molar-refractivity contribution in [2.45, 2.75) is 26.2 Å². The Bertz CT molecular complexity index is 737. The first-order valence-corrected chi connectivity index (χ1v) is 9.53. The monoisotopic (exact) mass is 357 g/mol. The van der Waals surface area contributed by atoms with Gasteiger partial charge in [-0.25, -0.2) is 0 Å². The average molecular weight is 357 g/mol. The number of benzene rings is 1. The number of aryl methyl sites for hydroxylation is 1. The molecule has 0 bridgehead atoms. The van der Waals surface area contributed by atoms with Gasteiger partial charge in [0, 0.05) is 48.4 Å². The standard InChI is InChI=1S/C19H23N3O2S/c1-14-12-16(4-5-17(14)22-9-2-3-10-22)21-18(23)6-8-20-19(24)15-7-11-25-13-15/h4-5,7,11-13H,2-3,6,8-10H2,1H3,(H,20,24)(H,21,23). The van der Waals surface area contributed by atoms with Gasteiger partial charge in [-0.3, -0.25) is 9.59 Å². The molecule has 1 aliphatic heterocycles. The largest absolute Gasteiger partial charge is 0.371 e. The summed E-state index contributed by atoms with van der Waals surface area (Å²) in [5.74, 6) is -0.237. The van der Waals surface area contributed by atoms with Gasteiger partial charge in [0.2, 0.25) is 5.91 Å². The third-order valence-corrected chi connectivity index (χ3v) is 5.03. The molecule has 1 aromatic carbocycles. The molecule has 1 fully saturated rings. The summed E-state index contributed by atoms with van der Waals surface area (Å²) in [5, 5.41) is 9.31. The van der Waals surface area contributed by atoms with E-state index in [1.807, 2.05) is 17.5 Å². The maximum atomic E-state index is 12.1. The van der Waals surface area contributed by atoms with Crippen molar-refractivity contribution < 1.29 is 9.59 Å². The van der Waals surface area contributed by atoms with Crippen molar-refractivity contribution in [2.75, 3.05) is 29.9 Å². The summed E-state index contributed by atoms with van der Waals surface area (Å²) in [6, 6.07) is 7.80. The zero-order valence-corrected chi connectivity index (χ0v) is 15.2. The highest BCUT2D eigenvalue weighted by atomic mass is 32.1. The van der Waals surface area contributed by atoms with E-state index in [0.29, 0.717) is 12.1 Å².